The zero-order valence-corrected chi connectivity index (χ0v) is 18.0. The van der Waals surface area contributed by atoms with E-state index in [-0.39, 0.29) is 0 Å². The maximum absolute atomic E-state index is 13.6. The maximum atomic E-state index is 13.6. The average Bonchev–Trinajstić information content (AvgIpc) is 3.22. The van der Waals surface area contributed by atoms with E-state index in [9.17, 15) is 13.2 Å². The van der Waals surface area contributed by atoms with Crippen LogP contribution in [-0.4, -0.2) is 9.78 Å². The van der Waals surface area contributed by atoms with Crippen LogP contribution in [0.3, 0.4) is 0 Å². The van der Waals surface area contributed by atoms with Gasteiger partial charge in [0.1, 0.15) is 5.54 Å². The minimum Gasteiger partial charge on any atom is -0.249 e. The van der Waals surface area contributed by atoms with Crippen molar-refractivity contribution in [3.63, 3.8) is 0 Å². The van der Waals surface area contributed by atoms with Crippen LogP contribution < -0.4 is 0 Å². The van der Waals surface area contributed by atoms with Gasteiger partial charge in [-0.15, -0.1) is 0 Å². The van der Waals surface area contributed by atoms with Crippen LogP contribution in [0.4, 0.5) is 13.2 Å². The second kappa shape index (κ2) is 8.26. The largest absolute Gasteiger partial charge is 0.435 e. The third-order valence-corrected chi connectivity index (χ3v) is 5.88. The van der Waals surface area contributed by atoms with Crippen molar-refractivity contribution in [1.82, 2.24) is 9.78 Å². The predicted octanol–water partition coefficient (Wildman–Crippen LogP) is 6.68. The first-order valence-electron chi connectivity index (χ1n) is 9.37. The lowest BCUT2D eigenvalue weighted by molar-refractivity contribution is -0.141. The highest BCUT2D eigenvalue weighted by Crippen LogP contribution is 2.42. The Labute approximate surface area is 186 Å². The van der Waals surface area contributed by atoms with E-state index in [1.165, 1.54) is 0 Å². The van der Waals surface area contributed by atoms with Crippen LogP contribution in [0.1, 0.15) is 28.1 Å². The lowest BCUT2D eigenvalue weighted by Crippen LogP contribution is -2.39. The molecule has 0 unspecified atom stereocenters. The molecule has 6 heteroatoms. The van der Waals surface area contributed by atoms with E-state index in [2.05, 4.69) is 27.7 Å². The number of alkyl halides is 4. The molecule has 0 N–H and O–H groups in total. The number of rotatable bonds is 5. The van der Waals surface area contributed by atoms with Gasteiger partial charge in [-0.1, -0.05) is 114 Å². The minimum atomic E-state index is -4.53. The summed E-state index contributed by atoms with van der Waals surface area (Å²) in [7, 11) is 0. The maximum Gasteiger partial charge on any atom is 0.435 e. The van der Waals surface area contributed by atoms with Crippen molar-refractivity contribution >= 4 is 22.6 Å². The Bertz CT molecular complexity index is 1010. The average molecular weight is 518 g/mol. The van der Waals surface area contributed by atoms with Crippen molar-refractivity contribution in [2.75, 3.05) is 0 Å². The van der Waals surface area contributed by atoms with Crippen molar-refractivity contribution in [2.24, 2.45) is 0 Å². The summed E-state index contributed by atoms with van der Waals surface area (Å²) < 4.78 is 42.8. The molecule has 0 spiro atoms. The molecule has 0 atom stereocenters. The Hall–Kier alpha value is -2.61. The van der Waals surface area contributed by atoms with E-state index >= 15 is 0 Å². The quantitative estimate of drug-likeness (QED) is 0.164. The third-order valence-electron chi connectivity index (χ3n) is 5.10. The number of benzene rings is 3. The summed E-state index contributed by atoms with van der Waals surface area (Å²) in [6.07, 6.45) is -4.53. The van der Waals surface area contributed by atoms with Crippen molar-refractivity contribution < 1.29 is 13.2 Å². The number of halogens is 4. The normalized spacial score (nSPS) is 12.1. The van der Waals surface area contributed by atoms with Gasteiger partial charge in [0, 0.05) is 4.43 Å². The molecule has 152 valence electrons. The van der Waals surface area contributed by atoms with E-state index in [0.29, 0.717) is 10.1 Å². The molecule has 0 fully saturated rings. The van der Waals surface area contributed by atoms with Gasteiger partial charge in [-0.25, -0.2) is 4.68 Å². The molecule has 1 heterocycles. The van der Waals surface area contributed by atoms with Crippen LogP contribution in [0.2, 0.25) is 0 Å². The van der Waals surface area contributed by atoms with Crippen LogP contribution in [0, 0.1) is 0 Å². The van der Waals surface area contributed by atoms with Crippen LogP contribution in [-0.2, 0) is 16.1 Å². The molecule has 3 aromatic carbocycles. The van der Waals surface area contributed by atoms with Gasteiger partial charge in [0.25, 0.3) is 0 Å². The Morgan fingerprint density at radius 2 is 1.10 bits per heavy atom. The molecule has 4 rings (SSSR count). The molecule has 0 saturated carbocycles. The van der Waals surface area contributed by atoms with Gasteiger partial charge < -0.3 is 0 Å². The highest BCUT2D eigenvalue weighted by Gasteiger charge is 2.43. The number of hydrogen-bond acceptors (Lipinski definition) is 1. The molecule has 0 aliphatic rings. The molecule has 4 aromatic rings. The van der Waals surface area contributed by atoms with Crippen LogP contribution in [0.25, 0.3) is 0 Å². The molecule has 1 aromatic heterocycles. The fraction of sp³-hybridized carbons (Fsp3) is 0.125. The van der Waals surface area contributed by atoms with Crippen LogP contribution in [0.15, 0.2) is 97.1 Å². The molecular formula is C24H18F3IN2. The van der Waals surface area contributed by atoms with Gasteiger partial charge in [-0.05, 0) is 22.8 Å². The molecule has 0 saturated heterocycles. The smallest absolute Gasteiger partial charge is 0.249 e. The number of aromatic nitrogens is 2. The monoisotopic (exact) mass is 518 g/mol. The summed E-state index contributed by atoms with van der Waals surface area (Å²) in [5.41, 5.74) is 1.08. The highest BCUT2D eigenvalue weighted by molar-refractivity contribution is 14.1. The first-order chi connectivity index (χ1) is 14.5. The van der Waals surface area contributed by atoms with E-state index in [1.807, 2.05) is 91.0 Å². The van der Waals surface area contributed by atoms with Crippen molar-refractivity contribution in [2.45, 2.75) is 16.1 Å². The molecule has 0 radical (unpaired) electrons. The van der Waals surface area contributed by atoms with Gasteiger partial charge in [0.15, 0.2) is 5.69 Å². The van der Waals surface area contributed by atoms with E-state index < -0.39 is 17.4 Å². The molecular weight excluding hydrogens is 500 g/mol. The first kappa shape index (κ1) is 20.7. The second-order valence-corrected chi connectivity index (χ2v) is 7.64. The topological polar surface area (TPSA) is 17.8 Å². The summed E-state index contributed by atoms with van der Waals surface area (Å²) in [5.74, 6) is 0. The molecule has 0 aliphatic heterocycles. The fourth-order valence-electron chi connectivity index (χ4n) is 3.85. The summed E-state index contributed by atoms with van der Waals surface area (Å²) in [6.45, 7) is 0. The van der Waals surface area contributed by atoms with E-state index in [1.54, 1.807) is 4.68 Å². The standard InChI is InChI=1S/C24H18F3IN2/c25-24(26,27)22-16-21(17-28)30(29-22)23(18-10-4-1-5-11-18,19-12-6-2-7-13-19)20-14-8-3-9-15-20/h1-16H,17H2. The Kier molecular flexibility index (Phi) is 5.69. The van der Waals surface area contributed by atoms with Crippen molar-refractivity contribution in [1.29, 1.82) is 0 Å². The summed E-state index contributed by atoms with van der Waals surface area (Å²) in [4.78, 5) is 0. The van der Waals surface area contributed by atoms with Gasteiger partial charge in [0.05, 0.1) is 5.69 Å². The van der Waals surface area contributed by atoms with Crippen molar-refractivity contribution in [3.8, 4) is 0 Å². The van der Waals surface area contributed by atoms with Crippen LogP contribution in [0.5, 0.6) is 0 Å². The van der Waals surface area contributed by atoms with Crippen molar-refractivity contribution in [3.05, 3.63) is 125 Å². The molecule has 2 nitrogen and oxygen atoms in total. The molecule has 0 bridgehead atoms. The van der Waals surface area contributed by atoms with Gasteiger partial charge in [-0.2, -0.15) is 18.3 Å². The molecule has 0 amide bonds. The second-order valence-electron chi connectivity index (χ2n) is 6.87. The van der Waals surface area contributed by atoms with Gasteiger partial charge in [0.2, 0.25) is 0 Å². The minimum absolute atomic E-state index is 0.384. The summed E-state index contributed by atoms with van der Waals surface area (Å²) in [5, 5.41) is 4.14. The lowest BCUT2D eigenvalue weighted by atomic mass is 9.77. The SMILES string of the molecule is FC(F)(F)c1cc(CI)n(C(c2ccccc2)(c2ccccc2)c2ccccc2)n1. The number of nitrogens with zero attached hydrogens (tertiary/aromatic N) is 2. The first-order valence-corrected chi connectivity index (χ1v) is 10.9. The molecule has 30 heavy (non-hydrogen) atoms. The molecule has 0 aliphatic carbocycles. The van der Waals surface area contributed by atoms with Crippen LogP contribution >= 0.6 is 22.6 Å². The zero-order chi connectivity index (χ0) is 21.2. The number of hydrogen-bond donors (Lipinski definition) is 0. The Morgan fingerprint density at radius 3 is 1.43 bits per heavy atom. The Morgan fingerprint density at radius 1 is 0.700 bits per heavy atom. The zero-order valence-electron chi connectivity index (χ0n) is 15.9. The lowest BCUT2D eigenvalue weighted by Gasteiger charge is -2.37. The fourth-order valence-corrected chi connectivity index (χ4v) is 4.39. The third kappa shape index (κ3) is 3.53. The van der Waals surface area contributed by atoms with Gasteiger partial charge >= 0.3 is 6.18 Å². The van der Waals surface area contributed by atoms with E-state index in [4.69, 9.17) is 0 Å². The Balaban J connectivity index is 2.16. The summed E-state index contributed by atoms with van der Waals surface area (Å²) in [6, 6.07) is 29.8. The summed E-state index contributed by atoms with van der Waals surface area (Å²) >= 11 is 2.09. The highest BCUT2D eigenvalue weighted by atomic mass is 127. The van der Waals surface area contributed by atoms with Gasteiger partial charge in [-0.3, -0.25) is 0 Å². The predicted molar refractivity (Wildman–Crippen MR) is 120 cm³/mol. The van der Waals surface area contributed by atoms with E-state index in [0.717, 1.165) is 22.8 Å².